The number of carbonyl (C=O) groups is 1. The number of benzene rings is 1. The molecule has 0 aliphatic rings. The van der Waals surface area contributed by atoms with E-state index in [0.717, 1.165) is 17.0 Å². The molecule has 0 atom stereocenters. The molecular weight excluding hydrogens is 348 g/mol. The number of hydrogen-bond acceptors (Lipinski definition) is 3. The van der Waals surface area contributed by atoms with Crippen LogP contribution in [-0.2, 0) is 5.41 Å². The van der Waals surface area contributed by atoms with Crippen molar-refractivity contribution in [1.29, 1.82) is 0 Å². The van der Waals surface area contributed by atoms with Crippen LogP contribution in [0.5, 0.6) is 0 Å². The van der Waals surface area contributed by atoms with E-state index in [9.17, 15) is 4.79 Å². The van der Waals surface area contributed by atoms with Gasteiger partial charge in [0.1, 0.15) is 0 Å². The molecular formula is C21H19ClN2O2. The van der Waals surface area contributed by atoms with Crippen LogP contribution in [0.4, 0.5) is 0 Å². The fourth-order valence-electron chi connectivity index (χ4n) is 2.60. The van der Waals surface area contributed by atoms with E-state index < -0.39 is 5.97 Å². The van der Waals surface area contributed by atoms with Gasteiger partial charge in [0, 0.05) is 28.4 Å². The molecule has 3 aromatic rings. The SMILES string of the molecule is CC(C)(C)c1cc(-c2cccc(-c3ccc(C(=O)O)cc3Cl)n2)ccn1. The van der Waals surface area contributed by atoms with Crippen LogP contribution < -0.4 is 0 Å². The van der Waals surface area contributed by atoms with Crippen molar-refractivity contribution in [2.24, 2.45) is 0 Å². The van der Waals surface area contributed by atoms with E-state index in [1.807, 2.05) is 30.3 Å². The van der Waals surface area contributed by atoms with Crippen LogP contribution in [0.2, 0.25) is 5.02 Å². The van der Waals surface area contributed by atoms with E-state index in [-0.39, 0.29) is 11.0 Å². The van der Waals surface area contributed by atoms with Crippen LogP contribution >= 0.6 is 11.6 Å². The molecule has 2 heterocycles. The van der Waals surface area contributed by atoms with Crippen molar-refractivity contribution in [3.8, 4) is 22.5 Å². The molecule has 0 amide bonds. The number of carboxylic acids is 1. The van der Waals surface area contributed by atoms with Crippen molar-refractivity contribution in [2.75, 3.05) is 0 Å². The first kappa shape index (κ1) is 18.1. The fourth-order valence-corrected chi connectivity index (χ4v) is 2.88. The number of carboxylic acid groups (broad SMARTS) is 1. The molecule has 5 heteroatoms. The van der Waals surface area contributed by atoms with Crippen LogP contribution in [0.1, 0.15) is 36.8 Å². The van der Waals surface area contributed by atoms with Gasteiger partial charge in [-0.2, -0.15) is 0 Å². The Balaban J connectivity index is 2.03. The lowest BCUT2D eigenvalue weighted by molar-refractivity contribution is 0.0697. The molecule has 26 heavy (non-hydrogen) atoms. The van der Waals surface area contributed by atoms with E-state index >= 15 is 0 Å². The van der Waals surface area contributed by atoms with Crippen molar-refractivity contribution in [2.45, 2.75) is 26.2 Å². The Hall–Kier alpha value is -2.72. The Kier molecular flexibility index (Phi) is 4.79. The Bertz CT molecular complexity index is 978. The van der Waals surface area contributed by atoms with Gasteiger partial charge in [0.2, 0.25) is 0 Å². The van der Waals surface area contributed by atoms with Crippen molar-refractivity contribution in [3.63, 3.8) is 0 Å². The largest absolute Gasteiger partial charge is 0.478 e. The lowest BCUT2D eigenvalue weighted by atomic mass is 9.90. The third kappa shape index (κ3) is 3.75. The standard InChI is InChI=1S/C21H19ClN2O2/c1-21(2,3)19-12-13(9-10-23-19)17-5-4-6-18(24-17)15-8-7-14(20(25)26)11-16(15)22/h4-12H,1-3H3,(H,25,26). The topological polar surface area (TPSA) is 63.1 Å². The minimum Gasteiger partial charge on any atom is -0.478 e. The van der Waals surface area contributed by atoms with Gasteiger partial charge in [-0.05, 0) is 36.4 Å². The second kappa shape index (κ2) is 6.89. The molecule has 1 N–H and O–H groups in total. The highest BCUT2D eigenvalue weighted by molar-refractivity contribution is 6.33. The summed E-state index contributed by atoms with van der Waals surface area (Å²) in [6, 6.07) is 14.3. The third-order valence-corrected chi connectivity index (χ3v) is 4.38. The average molecular weight is 367 g/mol. The second-order valence-electron chi connectivity index (χ2n) is 7.09. The molecule has 0 fully saturated rings. The Morgan fingerprint density at radius 1 is 1.04 bits per heavy atom. The van der Waals surface area contributed by atoms with Gasteiger partial charge in [-0.3, -0.25) is 4.98 Å². The predicted octanol–water partition coefficient (Wildman–Crippen LogP) is 5.46. The molecule has 3 rings (SSSR count). The van der Waals surface area contributed by atoms with Crippen LogP contribution in [0.3, 0.4) is 0 Å². The average Bonchev–Trinajstić information content (AvgIpc) is 2.61. The lowest BCUT2D eigenvalue weighted by Crippen LogP contribution is -2.13. The molecule has 0 spiro atoms. The summed E-state index contributed by atoms with van der Waals surface area (Å²) in [5, 5.41) is 9.44. The van der Waals surface area contributed by atoms with Gasteiger partial charge in [-0.15, -0.1) is 0 Å². The first-order chi connectivity index (χ1) is 12.3. The van der Waals surface area contributed by atoms with Gasteiger partial charge in [0.15, 0.2) is 0 Å². The molecule has 0 bridgehead atoms. The summed E-state index contributed by atoms with van der Waals surface area (Å²) in [4.78, 5) is 20.2. The molecule has 4 nitrogen and oxygen atoms in total. The monoisotopic (exact) mass is 366 g/mol. The summed E-state index contributed by atoms with van der Waals surface area (Å²) in [6.07, 6.45) is 1.79. The van der Waals surface area contributed by atoms with Gasteiger partial charge >= 0.3 is 5.97 Å². The van der Waals surface area contributed by atoms with Crippen LogP contribution in [-0.4, -0.2) is 21.0 Å². The number of aromatic nitrogens is 2. The minimum atomic E-state index is -1.01. The van der Waals surface area contributed by atoms with E-state index in [0.29, 0.717) is 16.3 Å². The highest BCUT2D eigenvalue weighted by Gasteiger charge is 2.16. The van der Waals surface area contributed by atoms with E-state index in [1.54, 1.807) is 12.3 Å². The number of aromatic carboxylic acids is 1. The summed E-state index contributed by atoms with van der Waals surface area (Å²) >= 11 is 6.28. The molecule has 132 valence electrons. The summed E-state index contributed by atoms with van der Waals surface area (Å²) in [5.74, 6) is -1.01. The van der Waals surface area contributed by atoms with Gasteiger partial charge in [0.05, 0.1) is 22.0 Å². The summed E-state index contributed by atoms with van der Waals surface area (Å²) < 4.78 is 0. The Morgan fingerprint density at radius 3 is 2.42 bits per heavy atom. The first-order valence-corrected chi connectivity index (χ1v) is 8.61. The summed E-state index contributed by atoms with van der Waals surface area (Å²) in [6.45, 7) is 6.35. The molecule has 0 radical (unpaired) electrons. The van der Waals surface area contributed by atoms with Crippen molar-refractivity contribution >= 4 is 17.6 Å². The van der Waals surface area contributed by atoms with Crippen LogP contribution in [0.25, 0.3) is 22.5 Å². The maximum atomic E-state index is 11.1. The van der Waals surface area contributed by atoms with E-state index in [2.05, 4.69) is 25.8 Å². The normalized spacial score (nSPS) is 11.4. The highest BCUT2D eigenvalue weighted by atomic mass is 35.5. The predicted molar refractivity (Wildman–Crippen MR) is 104 cm³/mol. The quantitative estimate of drug-likeness (QED) is 0.668. The summed E-state index contributed by atoms with van der Waals surface area (Å²) in [5.41, 5.74) is 4.27. The molecule has 0 unspecified atom stereocenters. The van der Waals surface area contributed by atoms with Crippen molar-refractivity contribution < 1.29 is 9.90 Å². The minimum absolute atomic E-state index is 0.0520. The zero-order valence-electron chi connectivity index (χ0n) is 14.8. The van der Waals surface area contributed by atoms with Gasteiger partial charge in [0.25, 0.3) is 0 Å². The number of halogens is 1. The lowest BCUT2D eigenvalue weighted by Gasteiger charge is -2.18. The third-order valence-electron chi connectivity index (χ3n) is 4.07. The highest BCUT2D eigenvalue weighted by Crippen LogP contribution is 2.30. The van der Waals surface area contributed by atoms with Crippen LogP contribution in [0.15, 0.2) is 54.7 Å². The molecule has 0 aliphatic carbocycles. The molecule has 1 aromatic carbocycles. The number of pyridine rings is 2. The smallest absolute Gasteiger partial charge is 0.335 e. The first-order valence-electron chi connectivity index (χ1n) is 8.23. The van der Waals surface area contributed by atoms with Gasteiger partial charge in [-0.1, -0.05) is 44.5 Å². The molecule has 0 aliphatic heterocycles. The van der Waals surface area contributed by atoms with Crippen molar-refractivity contribution in [1.82, 2.24) is 9.97 Å². The maximum absolute atomic E-state index is 11.1. The zero-order chi connectivity index (χ0) is 18.9. The molecule has 2 aromatic heterocycles. The van der Waals surface area contributed by atoms with E-state index in [1.165, 1.54) is 12.1 Å². The van der Waals surface area contributed by atoms with Crippen molar-refractivity contribution in [3.05, 3.63) is 71.0 Å². The molecule has 0 saturated heterocycles. The molecule has 0 saturated carbocycles. The zero-order valence-corrected chi connectivity index (χ0v) is 15.6. The van der Waals surface area contributed by atoms with E-state index in [4.69, 9.17) is 21.7 Å². The summed E-state index contributed by atoms with van der Waals surface area (Å²) in [7, 11) is 0. The van der Waals surface area contributed by atoms with Crippen LogP contribution in [0, 0.1) is 0 Å². The Morgan fingerprint density at radius 2 is 1.77 bits per heavy atom. The Labute approximate surface area is 157 Å². The van der Waals surface area contributed by atoms with Gasteiger partial charge < -0.3 is 5.11 Å². The number of rotatable bonds is 3. The second-order valence-corrected chi connectivity index (χ2v) is 7.49. The maximum Gasteiger partial charge on any atom is 0.335 e. The fraction of sp³-hybridized carbons (Fsp3) is 0.190. The number of hydrogen-bond donors (Lipinski definition) is 1. The van der Waals surface area contributed by atoms with Gasteiger partial charge in [-0.25, -0.2) is 9.78 Å². The number of nitrogens with zero attached hydrogens (tertiary/aromatic N) is 2.